The maximum absolute atomic E-state index is 13.3. The number of nitrogens with one attached hydrogen (secondary N) is 1. The van der Waals surface area contributed by atoms with E-state index in [0.29, 0.717) is 6.61 Å². The van der Waals surface area contributed by atoms with E-state index in [2.05, 4.69) is 5.48 Å². The number of benzene rings is 2. The molecule has 0 heterocycles. The van der Waals surface area contributed by atoms with E-state index in [1.807, 2.05) is 37.3 Å². The molecular weight excluding hydrogens is 257 g/mol. The van der Waals surface area contributed by atoms with Gasteiger partial charge in [0.15, 0.2) is 11.6 Å². The number of hydroxylamine groups is 1. The van der Waals surface area contributed by atoms with Gasteiger partial charge in [-0.05, 0) is 30.2 Å². The Labute approximate surface area is 118 Å². The van der Waals surface area contributed by atoms with Gasteiger partial charge in [0.05, 0.1) is 19.8 Å². The fourth-order valence-electron chi connectivity index (χ4n) is 1.84. The first-order valence-electron chi connectivity index (χ1n) is 6.45. The van der Waals surface area contributed by atoms with Crippen LogP contribution in [0.3, 0.4) is 0 Å². The van der Waals surface area contributed by atoms with E-state index in [4.69, 9.17) is 9.57 Å². The molecule has 0 aliphatic carbocycles. The van der Waals surface area contributed by atoms with Crippen LogP contribution in [0.5, 0.6) is 5.75 Å². The summed E-state index contributed by atoms with van der Waals surface area (Å²) >= 11 is 0. The number of hydrogen-bond donors (Lipinski definition) is 1. The first-order chi connectivity index (χ1) is 9.70. The van der Waals surface area contributed by atoms with Crippen LogP contribution >= 0.6 is 0 Å². The second-order valence-electron chi connectivity index (χ2n) is 4.51. The molecule has 0 amide bonds. The lowest BCUT2D eigenvalue weighted by molar-refractivity contribution is 0.00693. The van der Waals surface area contributed by atoms with Crippen molar-refractivity contribution in [1.29, 1.82) is 0 Å². The van der Waals surface area contributed by atoms with Gasteiger partial charge in [-0.25, -0.2) is 4.39 Å². The Hall–Kier alpha value is -1.91. The average Bonchev–Trinajstić information content (AvgIpc) is 2.48. The summed E-state index contributed by atoms with van der Waals surface area (Å²) in [6.07, 6.45) is 0. The minimum atomic E-state index is -0.367. The van der Waals surface area contributed by atoms with Gasteiger partial charge < -0.3 is 4.74 Å². The van der Waals surface area contributed by atoms with Gasteiger partial charge in [-0.3, -0.25) is 4.84 Å². The van der Waals surface area contributed by atoms with E-state index in [9.17, 15) is 4.39 Å². The van der Waals surface area contributed by atoms with Crippen molar-refractivity contribution < 1.29 is 14.0 Å². The molecule has 0 aliphatic heterocycles. The molecule has 0 aliphatic rings. The van der Waals surface area contributed by atoms with E-state index in [1.54, 1.807) is 12.1 Å². The normalized spacial score (nSPS) is 12.2. The Balaban J connectivity index is 1.90. The molecule has 106 valence electrons. The van der Waals surface area contributed by atoms with Crippen molar-refractivity contribution in [3.63, 3.8) is 0 Å². The van der Waals surface area contributed by atoms with Crippen molar-refractivity contribution in [3.05, 3.63) is 65.5 Å². The standard InChI is InChI=1S/C16H18FNO2/c1-12(14-8-9-15(17)16(10-14)19-2)18-20-11-13-6-4-3-5-7-13/h3-10,12,18H,11H2,1-2H3. The molecule has 0 bridgehead atoms. The zero-order valence-electron chi connectivity index (χ0n) is 11.6. The maximum Gasteiger partial charge on any atom is 0.165 e. The second-order valence-corrected chi connectivity index (χ2v) is 4.51. The summed E-state index contributed by atoms with van der Waals surface area (Å²) in [5, 5.41) is 0. The van der Waals surface area contributed by atoms with Gasteiger partial charge in [-0.1, -0.05) is 36.4 Å². The lowest BCUT2D eigenvalue weighted by atomic mass is 10.1. The van der Waals surface area contributed by atoms with Gasteiger partial charge >= 0.3 is 0 Å². The largest absolute Gasteiger partial charge is 0.494 e. The SMILES string of the molecule is COc1cc(C(C)NOCc2ccccc2)ccc1F. The molecule has 0 fully saturated rings. The second kappa shape index (κ2) is 7.03. The monoisotopic (exact) mass is 275 g/mol. The van der Waals surface area contributed by atoms with Crippen molar-refractivity contribution in [3.8, 4) is 5.75 Å². The molecule has 2 aromatic carbocycles. The van der Waals surface area contributed by atoms with Crippen LogP contribution in [0.1, 0.15) is 24.1 Å². The van der Waals surface area contributed by atoms with E-state index in [1.165, 1.54) is 13.2 Å². The third kappa shape index (κ3) is 3.79. The molecule has 1 N–H and O–H groups in total. The zero-order chi connectivity index (χ0) is 14.4. The van der Waals surface area contributed by atoms with Crippen LogP contribution in [0.2, 0.25) is 0 Å². The Morgan fingerprint density at radius 2 is 1.90 bits per heavy atom. The first kappa shape index (κ1) is 14.5. The number of ether oxygens (including phenoxy) is 1. The molecule has 1 unspecified atom stereocenters. The van der Waals surface area contributed by atoms with Crippen molar-refractivity contribution in [2.24, 2.45) is 0 Å². The van der Waals surface area contributed by atoms with Crippen LogP contribution < -0.4 is 10.2 Å². The molecule has 2 aromatic rings. The molecular formula is C16H18FNO2. The van der Waals surface area contributed by atoms with Gasteiger partial charge in [0.2, 0.25) is 0 Å². The van der Waals surface area contributed by atoms with Crippen molar-refractivity contribution >= 4 is 0 Å². The highest BCUT2D eigenvalue weighted by Crippen LogP contribution is 2.22. The predicted molar refractivity (Wildman–Crippen MR) is 75.7 cm³/mol. The lowest BCUT2D eigenvalue weighted by Gasteiger charge is -2.15. The third-order valence-corrected chi connectivity index (χ3v) is 3.02. The Morgan fingerprint density at radius 3 is 2.60 bits per heavy atom. The summed E-state index contributed by atoms with van der Waals surface area (Å²) in [5.74, 6) is -0.132. The Kier molecular flexibility index (Phi) is 5.09. The molecule has 0 saturated heterocycles. The summed E-state index contributed by atoms with van der Waals surface area (Å²) in [6.45, 7) is 2.42. The highest BCUT2D eigenvalue weighted by Gasteiger charge is 2.09. The quantitative estimate of drug-likeness (QED) is 0.817. The molecule has 0 spiro atoms. The van der Waals surface area contributed by atoms with Crippen LogP contribution in [-0.2, 0) is 11.4 Å². The predicted octanol–water partition coefficient (Wildman–Crippen LogP) is 3.62. The summed E-state index contributed by atoms with van der Waals surface area (Å²) < 4.78 is 18.3. The fraction of sp³-hybridized carbons (Fsp3) is 0.250. The van der Waals surface area contributed by atoms with Crippen LogP contribution in [0.4, 0.5) is 4.39 Å². The van der Waals surface area contributed by atoms with Crippen LogP contribution in [0.25, 0.3) is 0 Å². The van der Waals surface area contributed by atoms with E-state index < -0.39 is 0 Å². The molecule has 0 saturated carbocycles. The van der Waals surface area contributed by atoms with Gasteiger partial charge in [-0.2, -0.15) is 5.48 Å². The summed E-state index contributed by atoms with van der Waals surface area (Å²) in [5.41, 5.74) is 4.93. The highest BCUT2D eigenvalue weighted by molar-refractivity contribution is 5.31. The van der Waals surface area contributed by atoms with E-state index in [-0.39, 0.29) is 17.6 Å². The van der Waals surface area contributed by atoms with Gasteiger partial charge in [-0.15, -0.1) is 0 Å². The van der Waals surface area contributed by atoms with Crippen LogP contribution in [0.15, 0.2) is 48.5 Å². The lowest BCUT2D eigenvalue weighted by Crippen LogP contribution is -2.19. The molecule has 2 rings (SSSR count). The number of hydrogen-bond acceptors (Lipinski definition) is 3. The minimum absolute atomic E-state index is 0.0618. The molecule has 4 heteroatoms. The fourth-order valence-corrected chi connectivity index (χ4v) is 1.84. The third-order valence-electron chi connectivity index (χ3n) is 3.02. The molecule has 20 heavy (non-hydrogen) atoms. The summed E-state index contributed by atoms with van der Waals surface area (Å²) in [7, 11) is 1.45. The van der Waals surface area contributed by atoms with Gasteiger partial charge in [0, 0.05) is 0 Å². The number of rotatable bonds is 6. The Bertz CT molecular complexity index is 545. The van der Waals surface area contributed by atoms with Crippen LogP contribution in [-0.4, -0.2) is 7.11 Å². The molecule has 0 aromatic heterocycles. The molecule has 3 nitrogen and oxygen atoms in total. The van der Waals surface area contributed by atoms with Gasteiger partial charge in [0.1, 0.15) is 0 Å². The zero-order valence-corrected chi connectivity index (χ0v) is 11.6. The van der Waals surface area contributed by atoms with Gasteiger partial charge in [0.25, 0.3) is 0 Å². The summed E-state index contributed by atoms with van der Waals surface area (Å²) in [4.78, 5) is 5.46. The Morgan fingerprint density at radius 1 is 1.15 bits per heavy atom. The van der Waals surface area contributed by atoms with Crippen molar-refractivity contribution in [1.82, 2.24) is 5.48 Å². The van der Waals surface area contributed by atoms with E-state index >= 15 is 0 Å². The number of methoxy groups -OCH3 is 1. The first-order valence-corrected chi connectivity index (χ1v) is 6.45. The summed E-state index contributed by atoms with van der Waals surface area (Å²) in [6, 6.07) is 14.6. The highest BCUT2D eigenvalue weighted by atomic mass is 19.1. The van der Waals surface area contributed by atoms with Crippen molar-refractivity contribution in [2.75, 3.05) is 7.11 Å². The van der Waals surface area contributed by atoms with Crippen molar-refractivity contribution in [2.45, 2.75) is 19.6 Å². The number of halogens is 1. The average molecular weight is 275 g/mol. The smallest absolute Gasteiger partial charge is 0.165 e. The molecule has 0 radical (unpaired) electrons. The maximum atomic E-state index is 13.3. The minimum Gasteiger partial charge on any atom is -0.494 e. The molecule has 1 atom stereocenters. The van der Waals surface area contributed by atoms with E-state index in [0.717, 1.165) is 11.1 Å². The van der Waals surface area contributed by atoms with Crippen LogP contribution in [0, 0.1) is 5.82 Å². The topological polar surface area (TPSA) is 30.5 Å².